The molecule has 0 unspecified atom stereocenters. The minimum atomic E-state index is -0.0787. The highest BCUT2D eigenvalue weighted by molar-refractivity contribution is 5.97. The number of carbonyl (C=O) groups is 2. The number of aromatic amines is 1. The summed E-state index contributed by atoms with van der Waals surface area (Å²) in [7, 11) is 0. The summed E-state index contributed by atoms with van der Waals surface area (Å²) < 4.78 is 5.14. The fraction of sp³-hybridized carbons (Fsp3) is 0.200. The van der Waals surface area contributed by atoms with Crippen LogP contribution in [0.15, 0.2) is 54.7 Å². The molecule has 1 aliphatic heterocycles. The molecule has 1 fully saturated rings. The first kappa shape index (κ1) is 16.4. The van der Waals surface area contributed by atoms with Gasteiger partial charge in [0.25, 0.3) is 5.91 Å². The third kappa shape index (κ3) is 3.32. The summed E-state index contributed by atoms with van der Waals surface area (Å²) in [6.07, 6.45) is 2.17. The number of anilines is 2. The Morgan fingerprint density at radius 2 is 1.96 bits per heavy atom. The molecule has 0 aliphatic carbocycles. The molecule has 0 spiro atoms. The van der Waals surface area contributed by atoms with E-state index in [0.717, 1.165) is 22.2 Å². The number of ether oxygens (including phenoxy) is 1. The van der Waals surface area contributed by atoms with E-state index in [1.807, 2.05) is 54.7 Å². The molecule has 1 aromatic heterocycles. The van der Waals surface area contributed by atoms with Gasteiger partial charge in [0.05, 0.1) is 13.0 Å². The Kier molecular flexibility index (Phi) is 4.41. The number of nitrogens with zero attached hydrogens (tertiary/aromatic N) is 1. The van der Waals surface area contributed by atoms with Crippen LogP contribution in [-0.4, -0.2) is 36.6 Å². The standard InChI is InChI=1S/C20H19N3O3/c24-19(11-14-12-21-18-4-2-1-3-17(14)18)22-15-5-7-16(8-6-15)23-9-10-26-13-20(23)25/h1-8,12,21H,9-11,13H2,(H,22,24). The monoisotopic (exact) mass is 349 g/mol. The molecule has 0 bridgehead atoms. The molecule has 2 amide bonds. The van der Waals surface area contributed by atoms with Crippen LogP contribution in [0.4, 0.5) is 11.4 Å². The van der Waals surface area contributed by atoms with Gasteiger partial charge in [0, 0.05) is 35.0 Å². The number of amides is 2. The largest absolute Gasteiger partial charge is 0.370 e. The maximum Gasteiger partial charge on any atom is 0.253 e. The summed E-state index contributed by atoms with van der Waals surface area (Å²) in [4.78, 5) is 29.1. The molecular formula is C20H19N3O3. The Hall–Kier alpha value is -3.12. The van der Waals surface area contributed by atoms with Crippen LogP contribution in [0.1, 0.15) is 5.56 Å². The summed E-state index contributed by atoms with van der Waals surface area (Å²) >= 11 is 0. The molecule has 6 nitrogen and oxygen atoms in total. The molecule has 2 aromatic carbocycles. The minimum absolute atomic E-state index is 0.0487. The fourth-order valence-electron chi connectivity index (χ4n) is 3.17. The van der Waals surface area contributed by atoms with Crippen molar-refractivity contribution >= 4 is 34.1 Å². The van der Waals surface area contributed by atoms with Gasteiger partial charge in [-0.15, -0.1) is 0 Å². The van der Waals surface area contributed by atoms with E-state index in [-0.39, 0.29) is 18.4 Å². The average Bonchev–Trinajstić information content (AvgIpc) is 3.06. The third-order valence-electron chi connectivity index (χ3n) is 4.47. The van der Waals surface area contributed by atoms with Crippen LogP contribution in [0.2, 0.25) is 0 Å². The van der Waals surface area contributed by atoms with Crippen LogP contribution >= 0.6 is 0 Å². The molecule has 4 rings (SSSR count). The van der Waals surface area contributed by atoms with Gasteiger partial charge in [-0.3, -0.25) is 9.59 Å². The van der Waals surface area contributed by atoms with Gasteiger partial charge < -0.3 is 19.9 Å². The fourth-order valence-corrected chi connectivity index (χ4v) is 3.17. The lowest BCUT2D eigenvalue weighted by molar-refractivity contribution is -0.125. The van der Waals surface area contributed by atoms with E-state index in [0.29, 0.717) is 25.3 Å². The maximum atomic E-state index is 12.4. The van der Waals surface area contributed by atoms with Gasteiger partial charge in [-0.1, -0.05) is 18.2 Å². The van der Waals surface area contributed by atoms with Gasteiger partial charge >= 0.3 is 0 Å². The maximum absolute atomic E-state index is 12.4. The first-order valence-corrected chi connectivity index (χ1v) is 8.54. The molecular weight excluding hydrogens is 330 g/mol. The van der Waals surface area contributed by atoms with Gasteiger partial charge in [0.1, 0.15) is 6.61 Å². The van der Waals surface area contributed by atoms with Crippen molar-refractivity contribution in [3.8, 4) is 0 Å². The number of benzene rings is 2. The van der Waals surface area contributed by atoms with E-state index in [4.69, 9.17) is 4.74 Å². The molecule has 6 heteroatoms. The lowest BCUT2D eigenvalue weighted by atomic mass is 10.1. The quantitative estimate of drug-likeness (QED) is 0.760. The number of hydrogen-bond acceptors (Lipinski definition) is 3. The van der Waals surface area contributed by atoms with E-state index < -0.39 is 0 Å². The highest BCUT2D eigenvalue weighted by atomic mass is 16.5. The smallest absolute Gasteiger partial charge is 0.253 e. The van der Waals surface area contributed by atoms with Gasteiger partial charge in [0.2, 0.25) is 5.91 Å². The highest BCUT2D eigenvalue weighted by Crippen LogP contribution is 2.21. The Morgan fingerprint density at radius 1 is 1.15 bits per heavy atom. The zero-order valence-corrected chi connectivity index (χ0v) is 14.2. The van der Waals surface area contributed by atoms with E-state index in [1.54, 1.807) is 4.90 Å². The van der Waals surface area contributed by atoms with Crippen molar-refractivity contribution in [3.63, 3.8) is 0 Å². The van der Waals surface area contributed by atoms with Crippen LogP contribution in [-0.2, 0) is 20.7 Å². The number of para-hydroxylation sites is 1. The number of carbonyl (C=O) groups excluding carboxylic acids is 2. The van der Waals surface area contributed by atoms with Crippen LogP contribution in [0.5, 0.6) is 0 Å². The molecule has 2 heterocycles. The van der Waals surface area contributed by atoms with Gasteiger partial charge in [0.15, 0.2) is 0 Å². The van der Waals surface area contributed by atoms with Crippen molar-refractivity contribution in [2.75, 3.05) is 30.0 Å². The number of morpholine rings is 1. The van der Waals surface area contributed by atoms with Crippen molar-refractivity contribution in [2.24, 2.45) is 0 Å². The first-order valence-electron chi connectivity index (χ1n) is 8.54. The van der Waals surface area contributed by atoms with Crippen LogP contribution in [0.3, 0.4) is 0 Å². The minimum Gasteiger partial charge on any atom is -0.370 e. The van der Waals surface area contributed by atoms with Gasteiger partial charge in [-0.05, 0) is 35.9 Å². The SMILES string of the molecule is O=C(Cc1c[nH]c2ccccc12)Nc1ccc(N2CCOCC2=O)cc1. The zero-order valence-electron chi connectivity index (χ0n) is 14.2. The van der Waals surface area contributed by atoms with E-state index in [2.05, 4.69) is 10.3 Å². The predicted molar refractivity (Wildman–Crippen MR) is 100 cm³/mol. The number of fused-ring (bicyclic) bond motifs is 1. The third-order valence-corrected chi connectivity index (χ3v) is 4.47. The van der Waals surface area contributed by atoms with E-state index in [1.165, 1.54) is 0 Å². The van der Waals surface area contributed by atoms with Crippen molar-refractivity contribution in [1.29, 1.82) is 0 Å². The molecule has 26 heavy (non-hydrogen) atoms. The molecule has 0 saturated carbocycles. The number of hydrogen-bond donors (Lipinski definition) is 2. The Labute approximate surface area is 150 Å². The molecule has 2 N–H and O–H groups in total. The van der Waals surface area contributed by atoms with E-state index in [9.17, 15) is 9.59 Å². The van der Waals surface area contributed by atoms with E-state index >= 15 is 0 Å². The molecule has 0 radical (unpaired) electrons. The summed E-state index contributed by atoms with van der Waals surface area (Å²) in [5.41, 5.74) is 3.51. The second-order valence-electron chi connectivity index (χ2n) is 6.23. The molecule has 1 aliphatic rings. The molecule has 0 atom stereocenters. The van der Waals surface area contributed by atoms with Crippen LogP contribution in [0.25, 0.3) is 10.9 Å². The Bertz CT molecular complexity index is 946. The summed E-state index contributed by atoms with van der Waals surface area (Å²) in [6, 6.07) is 15.2. The molecule has 1 saturated heterocycles. The average molecular weight is 349 g/mol. The molecule has 132 valence electrons. The van der Waals surface area contributed by atoms with Crippen molar-refractivity contribution < 1.29 is 14.3 Å². The van der Waals surface area contributed by atoms with Crippen molar-refractivity contribution in [2.45, 2.75) is 6.42 Å². The van der Waals surface area contributed by atoms with Crippen molar-refractivity contribution in [1.82, 2.24) is 4.98 Å². The zero-order chi connectivity index (χ0) is 17.9. The lowest BCUT2D eigenvalue weighted by Gasteiger charge is -2.26. The summed E-state index contributed by atoms with van der Waals surface area (Å²) in [6.45, 7) is 1.20. The second kappa shape index (κ2) is 7.01. The number of aromatic nitrogens is 1. The normalized spacial score (nSPS) is 14.6. The predicted octanol–water partition coefficient (Wildman–Crippen LogP) is 2.71. The topological polar surface area (TPSA) is 74.4 Å². The lowest BCUT2D eigenvalue weighted by Crippen LogP contribution is -2.41. The first-order chi connectivity index (χ1) is 12.7. The molecule has 3 aromatic rings. The Balaban J connectivity index is 1.42. The summed E-state index contributed by atoms with van der Waals surface area (Å²) in [5.74, 6) is -0.127. The number of nitrogens with one attached hydrogen (secondary N) is 2. The van der Waals surface area contributed by atoms with Gasteiger partial charge in [-0.2, -0.15) is 0 Å². The van der Waals surface area contributed by atoms with Crippen LogP contribution < -0.4 is 10.2 Å². The summed E-state index contributed by atoms with van der Waals surface area (Å²) in [5, 5.41) is 3.96. The Morgan fingerprint density at radius 3 is 2.77 bits per heavy atom. The number of H-pyrrole nitrogens is 1. The van der Waals surface area contributed by atoms with Crippen LogP contribution in [0, 0.1) is 0 Å². The number of rotatable bonds is 4. The highest BCUT2D eigenvalue weighted by Gasteiger charge is 2.20. The second-order valence-corrected chi connectivity index (χ2v) is 6.23. The van der Waals surface area contributed by atoms with Gasteiger partial charge in [-0.25, -0.2) is 0 Å². The van der Waals surface area contributed by atoms with Crippen molar-refractivity contribution in [3.05, 3.63) is 60.3 Å².